The molecule has 0 spiro atoms. The lowest BCUT2D eigenvalue weighted by atomic mass is 10.2. The number of fused-ring (bicyclic) bond motifs is 1. The lowest BCUT2D eigenvalue weighted by Crippen LogP contribution is -2.00. The third kappa shape index (κ3) is 1.82. The summed E-state index contributed by atoms with van der Waals surface area (Å²) >= 11 is 4.97. The number of imidazole rings is 1. The molecule has 0 atom stereocenters. The van der Waals surface area contributed by atoms with E-state index in [-0.39, 0.29) is 21.5 Å². The highest BCUT2D eigenvalue weighted by Gasteiger charge is 2.16. The Bertz CT molecular complexity index is 882. The SMILES string of the molecule is Fc1cc(F)c2[nH]c(=S)n(-c3cccc(F)c3F)c2c1. The van der Waals surface area contributed by atoms with Gasteiger partial charge in [-0.15, -0.1) is 0 Å². The van der Waals surface area contributed by atoms with Crippen LogP contribution in [-0.2, 0) is 0 Å². The minimum atomic E-state index is -1.14. The van der Waals surface area contributed by atoms with Gasteiger partial charge in [0.25, 0.3) is 0 Å². The van der Waals surface area contributed by atoms with Crippen LogP contribution in [0.3, 0.4) is 0 Å². The van der Waals surface area contributed by atoms with Crippen molar-refractivity contribution in [2.75, 3.05) is 0 Å². The summed E-state index contributed by atoms with van der Waals surface area (Å²) in [7, 11) is 0. The first-order valence-electron chi connectivity index (χ1n) is 5.53. The van der Waals surface area contributed by atoms with Crippen molar-refractivity contribution in [3.05, 3.63) is 58.4 Å². The van der Waals surface area contributed by atoms with E-state index in [1.807, 2.05) is 0 Å². The van der Waals surface area contributed by atoms with Crippen LogP contribution >= 0.6 is 12.2 Å². The summed E-state index contributed by atoms with van der Waals surface area (Å²) in [5.41, 5.74) is -0.289. The number of hydrogen-bond acceptors (Lipinski definition) is 1. The largest absolute Gasteiger partial charge is 0.328 e. The summed E-state index contributed by atoms with van der Waals surface area (Å²) in [4.78, 5) is 2.51. The van der Waals surface area contributed by atoms with Crippen molar-refractivity contribution >= 4 is 23.3 Å². The van der Waals surface area contributed by atoms with Crippen molar-refractivity contribution in [3.63, 3.8) is 0 Å². The molecule has 0 unspecified atom stereocenters. The number of hydrogen-bond donors (Lipinski definition) is 1. The van der Waals surface area contributed by atoms with Gasteiger partial charge in [-0.3, -0.25) is 4.57 Å². The highest BCUT2D eigenvalue weighted by atomic mass is 32.1. The van der Waals surface area contributed by atoms with E-state index < -0.39 is 23.3 Å². The van der Waals surface area contributed by atoms with E-state index in [1.54, 1.807) is 0 Å². The molecular formula is C13H6F4N2S. The van der Waals surface area contributed by atoms with Gasteiger partial charge in [0, 0.05) is 12.1 Å². The van der Waals surface area contributed by atoms with E-state index in [4.69, 9.17) is 12.2 Å². The topological polar surface area (TPSA) is 20.7 Å². The molecule has 2 aromatic carbocycles. The van der Waals surface area contributed by atoms with Gasteiger partial charge in [0.15, 0.2) is 22.2 Å². The molecule has 0 aliphatic rings. The third-order valence-corrected chi connectivity index (χ3v) is 3.17. The Labute approximate surface area is 115 Å². The molecule has 20 heavy (non-hydrogen) atoms. The zero-order valence-electron chi connectivity index (χ0n) is 9.75. The van der Waals surface area contributed by atoms with Gasteiger partial charge in [-0.25, -0.2) is 17.6 Å². The van der Waals surface area contributed by atoms with Gasteiger partial charge in [-0.05, 0) is 24.4 Å². The molecular weight excluding hydrogens is 292 g/mol. The summed E-state index contributed by atoms with van der Waals surface area (Å²) in [6.45, 7) is 0. The van der Waals surface area contributed by atoms with Crippen LogP contribution in [0.4, 0.5) is 17.6 Å². The Kier molecular flexibility index (Phi) is 2.86. The number of benzene rings is 2. The van der Waals surface area contributed by atoms with E-state index in [9.17, 15) is 17.6 Å². The Hall–Kier alpha value is -2.15. The first kappa shape index (κ1) is 12.9. The van der Waals surface area contributed by atoms with Crippen molar-refractivity contribution in [2.24, 2.45) is 0 Å². The summed E-state index contributed by atoms with van der Waals surface area (Å²) in [6.07, 6.45) is 0. The van der Waals surface area contributed by atoms with Crippen LogP contribution in [0.15, 0.2) is 30.3 Å². The monoisotopic (exact) mass is 298 g/mol. The van der Waals surface area contributed by atoms with Gasteiger partial charge in [-0.2, -0.15) is 0 Å². The van der Waals surface area contributed by atoms with Gasteiger partial charge in [-0.1, -0.05) is 6.07 Å². The standard InChI is InChI=1S/C13H6F4N2S/c14-6-4-8(16)12-10(5-6)19(13(20)18-12)9-3-1-2-7(15)11(9)17/h1-5H,(H,18,20). The highest BCUT2D eigenvalue weighted by Crippen LogP contribution is 2.25. The first-order chi connectivity index (χ1) is 9.49. The highest BCUT2D eigenvalue weighted by molar-refractivity contribution is 7.71. The van der Waals surface area contributed by atoms with Crippen molar-refractivity contribution in [1.82, 2.24) is 9.55 Å². The average Bonchev–Trinajstić information content (AvgIpc) is 2.70. The lowest BCUT2D eigenvalue weighted by molar-refractivity contribution is 0.504. The maximum atomic E-state index is 13.8. The molecule has 0 radical (unpaired) electrons. The molecule has 2 nitrogen and oxygen atoms in total. The summed E-state index contributed by atoms with van der Waals surface area (Å²) in [5.74, 6) is -3.92. The van der Waals surface area contributed by atoms with E-state index in [0.29, 0.717) is 6.07 Å². The Morgan fingerprint density at radius 2 is 1.75 bits per heavy atom. The third-order valence-electron chi connectivity index (χ3n) is 2.88. The average molecular weight is 298 g/mol. The van der Waals surface area contributed by atoms with Crippen LogP contribution in [-0.4, -0.2) is 9.55 Å². The van der Waals surface area contributed by atoms with Gasteiger partial charge in [0.05, 0.1) is 11.2 Å². The number of rotatable bonds is 1. The molecule has 1 heterocycles. The van der Waals surface area contributed by atoms with Gasteiger partial charge < -0.3 is 4.98 Å². The fourth-order valence-electron chi connectivity index (χ4n) is 2.04. The van der Waals surface area contributed by atoms with Gasteiger partial charge in [0.1, 0.15) is 11.3 Å². The number of nitrogens with one attached hydrogen (secondary N) is 1. The fraction of sp³-hybridized carbons (Fsp3) is 0. The molecule has 0 aliphatic carbocycles. The van der Waals surface area contributed by atoms with Crippen LogP contribution in [0, 0.1) is 28.0 Å². The van der Waals surface area contributed by atoms with E-state index >= 15 is 0 Å². The second kappa shape index (κ2) is 4.45. The number of nitrogens with zero attached hydrogens (tertiary/aromatic N) is 1. The summed E-state index contributed by atoms with van der Waals surface area (Å²) in [5, 5.41) is 0. The van der Waals surface area contributed by atoms with E-state index in [2.05, 4.69) is 4.98 Å². The molecule has 0 aliphatic heterocycles. The van der Waals surface area contributed by atoms with Crippen LogP contribution < -0.4 is 0 Å². The predicted molar refractivity (Wildman–Crippen MR) is 68.3 cm³/mol. The van der Waals surface area contributed by atoms with Crippen LogP contribution in [0.5, 0.6) is 0 Å². The second-order valence-corrected chi connectivity index (χ2v) is 4.51. The van der Waals surface area contributed by atoms with E-state index in [0.717, 1.165) is 16.7 Å². The second-order valence-electron chi connectivity index (χ2n) is 4.12. The fourth-order valence-corrected chi connectivity index (χ4v) is 2.34. The van der Waals surface area contributed by atoms with Gasteiger partial charge >= 0.3 is 0 Å². The summed E-state index contributed by atoms with van der Waals surface area (Å²) in [6, 6.07) is 5.17. The predicted octanol–water partition coefficient (Wildman–Crippen LogP) is 4.24. The minimum Gasteiger partial charge on any atom is -0.328 e. The van der Waals surface area contributed by atoms with Crippen molar-refractivity contribution in [2.45, 2.75) is 0 Å². The van der Waals surface area contributed by atoms with Crippen LogP contribution in [0.25, 0.3) is 16.7 Å². The van der Waals surface area contributed by atoms with Crippen LogP contribution in [0.2, 0.25) is 0 Å². The number of halogens is 4. The molecule has 3 aromatic rings. The molecule has 0 saturated carbocycles. The molecule has 0 amide bonds. The zero-order valence-corrected chi connectivity index (χ0v) is 10.6. The molecule has 1 aromatic heterocycles. The van der Waals surface area contributed by atoms with Crippen molar-refractivity contribution in [1.29, 1.82) is 0 Å². The lowest BCUT2D eigenvalue weighted by Gasteiger charge is -2.06. The summed E-state index contributed by atoms with van der Waals surface area (Å²) < 4.78 is 55.1. The number of aromatic amines is 1. The first-order valence-corrected chi connectivity index (χ1v) is 5.94. The van der Waals surface area contributed by atoms with Gasteiger partial charge in [0.2, 0.25) is 0 Å². The van der Waals surface area contributed by atoms with E-state index in [1.165, 1.54) is 12.1 Å². The van der Waals surface area contributed by atoms with Crippen molar-refractivity contribution in [3.8, 4) is 5.69 Å². The smallest absolute Gasteiger partial charge is 0.182 e. The number of H-pyrrole nitrogens is 1. The van der Waals surface area contributed by atoms with Crippen LogP contribution in [0.1, 0.15) is 0 Å². The Balaban J connectivity index is 2.45. The molecule has 3 rings (SSSR count). The normalized spacial score (nSPS) is 11.2. The molecule has 7 heteroatoms. The molecule has 1 N–H and O–H groups in total. The minimum absolute atomic E-state index is 0.00278. The Morgan fingerprint density at radius 1 is 1.00 bits per heavy atom. The quantitative estimate of drug-likeness (QED) is 0.526. The molecule has 0 fully saturated rings. The van der Waals surface area contributed by atoms with Crippen molar-refractivity contribution < 1.29 is 17.6 Å². The molecule has 102 valence electrons. The maximum absolute atomic E-state index is 13.8. The molecule has 0 saturated heterocycles. The molecule has 0 bridgehead atoms. The Morgan fingerprint density at radius 3 is 2.50 bits per heavy atom. The number of aromatic nitrogens is 2. The maximum Gasteiger partial charge on any atom is 0.182 e. The zero-order chi connectivity index (χ0) is 14.4.